The summed E-state index contributed by atoms with van der Waals surface area (Å²) in [6.07, 6.45) is 1.82. The molecular formula is C7H10N4. The maximum absolute atomic E-state index is 8.66. The molecule has 0 bridgehead atoms. The summed E-state index contributed by atoms with van der Waals surface area (Å²) in [6, 6.07) is 2.07. The molecule has 1 aromatic heterocycles. The van der Waals surface area contributed by atoms with Crippen LogP contribution in [0.3, 0.4) is 0 Å². The summed E-state index contributed by atoms with van der Waals surface area (Å²) in [4.78, 5) is 0. The summed E-state index contributed by atoms with van der Waals surface area (Å²) < 4.78 is 1.50. The summed E-state index contributed by atoms with van der Waals surface area (Å²) in [7, 11) is 1.73. The van der Waals surface area contributed by atoms with Crippen LogP contribution in [-0.4, -0.2) is 15.0 Å². The maximum atomic E-state index is 8.66. The Hall–Kier alpha value is -1.37. The molecular weight excluding hydrogens is 140 g/mol. The van der Waals surface area contributed by atoms with Gasteiger partial charge in [-0.1, -0.05) is 18.6 Å². The van der Waals surface area contributed by atoms with Crippen molar-refractivity contribution in [1.29, 1.82) is 5.26 Å². The van der Waals surface area contributed by atoms with E-state index in [2.05, 4.69) is 23.3 Å². The minimum absolute atomic E-state index is 0.576. The molecule has 4 heteroatoms. The molecule has 1 rings (SSSR count). The Kier molecular flexibility index (Phi) is 2.21. The van der Waals surface area contributed by atoms with Crippen molar-refractivity contribution in [2.45, 2.75) is 19.8 Å². The highest BCUT2D eigenvalue weighted by Crippen LogP contribution is 2.04. The molecule has 0 N–H and O–H groups in total. The van der Waals surface area contributed by atoms with Crippen LogP contribution in [0.4, 0.5) is 0 Å². The van der Waals surface area contributed by atoms with E-state index in [4.69, 9.17) is 5.26 Å². The van der Waals surface area contributed by atoms with Crippen LogP contribution in [0.25, 0.3) is 0 Å². The van der Waals surface area contributed by atoms with Crippen molar-refractivity contribution in [3.63, 3.8) is 0 Å². The average molecular weight is 150 g/mol. The van der Waals surface area contributed by atoms with Crippen LogP contribution >= 0.6 is 0 Å². The summed E-state index contributed by atoms with van der Waals surface area (Å²) in [5.74, 6) is 0. The fourth-order valence-corrected chi connectivity index (χ4v) is 0.942. The highest BCUT2D eigenvalue weighted by Gasteiger charge is 2.07. The van der Waals surface area contributed by atoms with E-state index in [0.717, 1.165) is 18.5 Å². The van der Waals surface area contributed by atoms with E-state index in [-0.39, 0.29) is 0 Å². The van der Waals surface area contributed by atoms with E-state index in [1.165, 1.54) is 4.68 Å². The molecule has 1 heterocycles. The fourth-order valence-electron chi connectivity index (χ4n) is 0.942. The minimum atomic E-state index is 0.576. The largest absolute Gasteiger partial charge is 0.237 e. The van der Waals surface area contributed by atoms with Crippen molar-refractivity contribution in [3.05, 3.63) is 11.4 Å². The highest BCUT2D eigenvalue weighted by atomic mass is 15.4. The van der Waals surface area contributed by atoms with Crippen LogP contribution in [0.2, 0.25) is 0 Å². The molecule has 0 spiro atoms. The Bertz CT molecular complexity index is 281. The van der Waals surface area contributed by atoms with Gasteiger partial charge in [0.05, 0.1) is 0 Å². The molecule has 1 aromatic rings. The lowest BCUT2D eigenvalue weighted by molar-refractivity contribution is 0.706. The van der Waals surface area contributed by atoms with Gasteiger partial charge in [0.15, 0.2) is 5.69 Å². The van der Waals surface area contributed by atoms with Crippen LogP contribution in [0, 0.1) is 11.3 Å². The second-order valence-electron chi connectivity index (χ2n) is 2.37. The zero-order valence-electron chi connectivity index (χ0n) is 6.70. The molecule has 58 valence electrons. The van der Waals surface area contributed by atoms with E-state index >= 15 is 0 Å². The normalized spacial score (nSPS) is 9.55. The lowest BCUT2D eigenvalue weighted by Gasteiger charge is -1.90. The lowest BCUT2D eigenvalue weighted by atomic mass is 10.2. The summed E-state index contributed by atoms with van der Waals surface area (Å²) in [6.45, 7) is 2.05. The van der Waals surface area contributed by atoms with Crippen molar-refractivity contribution >= 4 is 0 Å². The number of hydrogen-bond acceptors (Lipinski definition) is 3. The quantitative estimate of drug-likeness (QED) is 0.621. The molecule has 0 saturated heterocycles. The molecule has 0 unspecified atom stereocenters. The summed E-state index contributed by atoms with van der Waals surface area (Å²) in [5, 5.41) is 16.3. The smallest absolute Gasteiger partial charge is 0.161 e. The van der Waals surface area contributed by atoms with Crippen LogP contribution < -0.4 is 0 Å². The van der Waals surface area contributed by atoms with E-state index in [0.29, 0.717) is 5.69 Å². The predicted octanol–water partition coefficient (Wildman–Crippen LogP) is 0.639. The van der Waals surface area contributed by atoms with Gasteiger partial charge in [0.25, 0.3) is 0 Å². The van der Waals surface area contributed by atoms with Crippen molar-refractivity contribution in [2.75, 3.05) is 0 Å². The van der Waals surface area contributed by atoms with Gasteiger partial charge in [-0.25, -0.2) is 4.68 Å². The Labute approximate surface area is 65.4 Å². The molecule has 0 atom stereocenters. The van der Waals surface area contributed by atoms with Gasteiger partial charge in [-0.2, -0.15) is 5.26 Å². The Balaban J connectivity index is 2.98. The molecule has 4 nitrogen and oxygen atoms in total. The molecule has 0 aliphatic rings. The predicted molar refractivity (Wildman–Crippen MR) is 39.7 cm³/mol. The SMILES string of the molecule is CCCc1nnn(C)c1C#N. The van der Waals surface area contributed by atoms with Gasteiger partial charge < -0.3 is 0 Å². The zero-order chi connectivity index (χ0) is 8.27. The number of nitriles is 1. The lowest BCUT2D eigenvalue weighted by Crippen LogP contribution is -1.95. The van der Waals surface area contributed by atoms with Gasteiger partial charge in [-0.05, 0) is 6.42 Å². The summed E-state index contributed by atoms with van der Waals surface area (Å²) in [5.41, 5.74) is 1.38. The second kappa shape index (κ2) is 3.15. The van der Waals surface area contributed by atoms with Gasteiger partial charge in [0.2, 0.25) is 0 Å². The van der Waals surface area contributed by atoms with Gasteiger partial charge in [0, 0.05) is 7.05 Å². The summed E-state index contributed by atoms with van der Waals surface area (Å²) >= 11 is 0. The van der Waals surface area contributed by atoms with Crippen molar-refractivity contribution < 1.29 is 0 Å². The number of nitrogens with zero attached hydrogens (tertiary/aromatic N) is 4. The zero-order valence-corrected chi connectivity index (χ0v) is 6.70. The molecule has 0 amide bonds. The Morgan fingerprint density at radius 1 is 1.64 bits per heavy atom. The third-order valence-electron chi connectivity index (χ3n) is 1.49. The minimum Gasteiger partial charge on any atom is -0.237 e. The monoisotopic (exact) mass is 150 g/mol. The third-order valence-corrected chi connectivity index (χ3v) is 1.49. The topological polar surface area (TPSA) is 54.5 Å². The van der Waals surface area contributed by atoms with Gasteiger partial charge in [0.1, 0.15) is 11.8 Å². The first-order chi connectivity index (χ1) is 5.29. The third kappa shape index (κ3) is 1.37. The van der Waals surface area contributed by atoms with Crippen LogP contribution in [0.1, 0.15) is 24.7 Å². The van der Waals surface area contributed by atoms with Crippen LogP contribution in [-0.2, 0) is 13.5 Å². The molecule has 0 fully saturated rings. The Morgan fingerprint density at radius 2 is 2.36 bits per heavy atom. The van der Waals surface area contributed by atoms with E-state index in [9.17, 15) is 0 Å². The average Bonchev–Trinajstić information content (AvgIpc) is 2.33. The van der Waals surface area contributed by atoms with Crippen molar-refractivity contribution in [2.24, 2.45) is 7.05 Å². The maximum Gasteiger partial charge on any atom is 0.161 e. The first kappa shape index (κ1) is 7.73. The fraction of sp³-hybridized carbons (Fsp3) is 0.571. The molecule has 0 aliphatic heterocycles. The van der Waals surface area contributed by atoms with E-state index < -0.39 is 0 Å². The van der Waals surface area contributed by atoms with Gasteiger partial charge >= 0.3 is 0 Å². The molecule has 0 aromatic carbocycles. The number of aryl methyl sites for hydroxylation is 2. The van der Waals surface area contributed by atoms with Crippen molar-refractivity contribution in [3.8, 4) is 6.07 Å². The highest BCUT2D eigenvalue weighted by molar-refractivity contribution is 5.24. The first-order valence-electron chi connectivity index (χ1n) is 3.58. The van der Waals surface area contributed by atoms with Crippen molar-refractivity contribution in [1.82, 2.24) is 15.0 Å². The number of hydrogen-bond donors (Lipinski definition) is 0. The van der Waals surface area contributed by atoms with Crippen LogP contribution in [0.5, 0.6) is 0 Å². The van der Waals surface area contributed by atoms with Gasteiger partial charge in [-0.3, -0.25) is 0 Å². The van der Waals surface area contributed by atoms with E-state index in [1.54, 1.807) is 7.05 Å². The molecule has 11 heavy (non-hydrogen) atoms. The number of aromatic nitrogens is 3. The second-order valence-corrected chi connectivity index (χ2v) is 2.37. The molecule has 0 saturated carbocycles. The van der Waals surface area contributed by atoms with Gasteiger partial charge in [-0.15, -0.1) is 5.10 Å². The standard InChI is InChI=1S/C7H10N4/c1-3-4-6-7(5-8)11(2)10-9-6/h3-4H2,1-2H3. The number of rotatable bonds is 2. The molecule has 0 radical (unpaired) electrons. The van der Waals surface area contributed by atoms with Crippen LogP contribution in [0.15, 0.2) is 0 Å². The van der Waals surface area contributed by atoms with E-state index in [1.807, 2.05) is 0 Å². The Morgan fingerprint density at radius 3 is 2.91 bits per heavy atom. The molecule has 0 aliphatic carbocycles. The first-order valence-corrected chi connectivity index (χ1v) is 3.58.